The molecular weight excluding hydrogens is 664 g/mol. The molecule has 7 nitrogen and oxygen atoms in total. The van der Waals surface area contributed by atoms with Gasteiger partial charge in [0.05, 0.1) is 13.2 Å². The molecule has 0 amide bonds. The smallest absolute Gasteiger partial charge is 0.345 e. The van der Waals surface area contributed by atoms with Crippen LogP contribution in [0.2, 0.25) is 5.04 Å². The monoisotopic (exact) mass is 720 g/mol. The molecule has 9 heteroatoms. The van der Waals surface area contributed by atoms with Crippen molar-refractivity contribution < 1.29 is 32.4 Å². The van der Waals surface area contributed by atoms with Crippen molar-refractivity contribution in [2.45, 2.75) is 109 Å². The van der Waals surface area contributed by atoms with E-state index in [1.165, 1.54) is 10.4 Å². The van der Waals surface area contributed by atoms with E-state index in [1.54, 1.807) is 34.6 Å². The van der Waals surface area contributed by atoms with Crippen molar-refractivity contribution >= 4 is 38.5 Å². The summed E-state index contributed by atoms with van der Waals surface area (Å²) in [5.74, 6) is -2.35. The Labute approximate surface area is 301 Å². The summed E-state index contributed by atoms with van der Waals surface area (Å²) in [7, 11) is -6.99. The van der Waals surface area contributed by atoms with Crippen LogP contribution in [0.1, 0.15) is 92.6 Å². The van der Waals surface area contributed by atoms with Crippen LogP contribution in [-0.4, -0.2) is 51.2 Å². The van der Waals surface area contributed by atoms with Crippen LogP contribution in [0.5, 0.6) is 0 Å². The first-order valence-electron chi connectivity index (χ1n) is 18.1. The first-order valence-corrected chi connectivity index (χ1v) is 21.6. The normalized spacial score (nSPS) is 19.3. The highest BCUT2D eigenvalue weighted by Crippen LogP contribution is 2.60. The lowest BCUT2D eigenvalue weighted by molar-refractivity contribution is -0.155. The van der Waals surface area contributed by atoms with Gasteiger partial charge in [-0.25, -0.2) is 0 Å². The number of esters is 1. The molecule has 3 aromatic carbocycles. The fourth-order valence-electron chi connectivity index (χ4n) is 7.75. The Hall–Kier alpha value is -2.87. The van der Waals surface area contributed by atoms with Crippen LogP contribution in [0.4, 0.5) is 0 Å². The second-order valence-electron chi connectivity index (χ2n) is 15.3. The molecule has 0 heterocycles. The van der Waals surface area contributed by atoms with E-state index in [0.717, 1.165) is 31.1 Å². The fraction of sp³-hybridized carbons (Fsp3) is 0.512. The topological polar surface area (TPSA) is 88.1 Å². The molecular formula is C41H57O7PSi. The van der Waals surface area contributed by atoms with E-state index < -0.39 is 45.0 Å². The summed E-state index contributed by atoms with van der Waals surface area (Å²) < 4.78 is 40.0. The molecule has 0 saturated heterocycles. The average molecular weight is 721 g/mol. The number of carbonyl (C=O) groups is 2. The number of ether oxygens (including phenoxy) is 1. The molecule has 0 aliphatic heterocycles. The summed E-state index contributed by atoms with van der Waals surface area (Å²) >= 11 is 0. The minimum atomic E-state index is -4.12. The first kappa shape index (κ1) is 39.9. The van der Waals surface area contributed by atoms with Crippen molar-refractivity contribution in [2.24, 2.45) is 11.8 Å². The number of carbonyl (C=O) groups excluding carboxylic acids is 2. The number of aldehydes is 1. The molecule has 0 radical (unpaired) electrons. The third kappa shape index (κ3) is 9.13. The maximum atomic E-state index is 14.8. The summed E-state index contributed by atoms with van der Waals surface area (Å²) in [5, 5.41) is 2.20. The Kier molecular flexibility index (Phi) is 13.6. The van der Waals surface area contributed by atoms with E-state index in [9.17, 15) is 14.2 Å². The van der Waals surface area contributed by atoms with Gasteiger partial charge < -0.3 is 23.0 Å². The van der Waals surface area contributed by atoms with Gasteiger partial charge in [-0.05, 0) is 80.8 Å². The zero-order valence-electron chi connectivity index (χ0n) is 31.2. The highest BCUT2D eigenvalue weighted by atomic mass is 31.2. The lowest BCUT2D eigenvalue weighted by Gasteiger charge is -2.47. The third-order valence-corrected chi connectivity index (χ3v) is 17.2. The van der Waals surface area contributed by atoms with Crippen LogP contribution in [-0.2, 0) is 32.4 Å². The van der Waals surface area contributed by atoms with Gasteiger partial charge in [0.25, 0.3) is 8.32 Å². The molecule has 0 spiro atoms. The second kappa shape index (κ2) is 17.1. The minimum Gasteiger partial charge on any atom is -0.459 e. The van der Waals surface area contributed by atoms with Gasteiger partial charge in [0.1, 0.15) is 11.9 Å². The minimum absolute atomic E-state index is 0.0711. The summed E-state index contributed by atoms with van der Waals surface area (Å²) in [5.41, 5.74) is -1.50. The van der Waals surface area contributed by atoms with Gasteiger partial charge in [-0.2, -0.15) is 0 Å². The maximum Gasteiger partial charge on any atom is 0.345 e. The van der Waals surface area contributed by atoms with Crippen LogP contribution in [0, 0.1) is 11.8 Å². The van der Waals surface area contributed by atoms with Crippen LogP contribution in [0.25, 0.3) is 0 Å². The molecule has 5 atom stereocenters. The predicted molar refractivity (Wildman–Crippen MR) is 204 cm³/mol. The van der Waals surface area contributed by atoms with Crippen molar-refractivity contribution in [1.82, 2.24) is 0 Å². The summed E-state index contributed by atoms with van der Waals surface area (Å²) in [6.07, 6.45) is 3.91. The van der Waals surface area contributed by atoms with Crippen LogP contribution in [0.15, 0.2) is 91.0 Å². The summed E-state index contributed by atoms with van der Waals surface area (Å²) in [4.78, 5) is 27.8. The molecule has 3 aromatic rings. The molecule has 0 bridgehead atoms. The molecule has 1 aliphatic carbocycles. The largest absolute Gasteiger partial charge is 0.459 e. The third-order valence-electron chi connectivity index (χ3n) is 9.67. The Balaban J connectivity index is 1.83. The van der Waals surface area contributed by atoms with Crippen molar-refractivity contribution in [3.05, 3.63) is 96.6 Å². The van der Waals surface area contributed by atoms with Crippen molar-refractivity contribution in [2.75, 3.05) is 13.2 Å². The summed E-state index contributed by atoms with van der Waals surface area (Å²) in [6.45, 7) is 15.7. The number of benzene rings is 3. The van der Waals surface area contributed by atoms with Crippen molar-refractivity contribution in [3.63, 3.8) is 0 Å². The standard InChI is InChI=1S/C41H57O7PSi/c1-9-45-49(44,46-10-2)38(39(43)47-40(3,4)5)37(31-21-14-11-15-22-31)36(30-42)32-23-20-24-33(29-32)48-50(41(6,7)8,34-25-16-12-17-26-34)35-27-18-13-19-28-35/h11-19,21-22,25-28,30,32-33,36-38H,9-10,20,23-24,29H2,1-8H3. The predicted octanol–water partition coefficient (Wildman–Crippen LogP) is 8.70. The molecule has 5 unspecified atom stereocenters. The lowest BCUT2D eigenvalue weighted by atomic mass is 9.71. The number of hydrogen-bond donors (Lipinski definition) is 0. The highest BCUT2D eigenvalue weighted by molar-refractivity contribution is 7.55. The maximum absolute atomic E-state index is 14.8. The quantitative estimate of drug-likeness (QED) is 0.0672. The molecule has 50 heavy (non-hydrogen) atoms. The Morgan fingerprint density at radius 1 is 0.820 bits per heavy atom. The molecule has 272 valence electrons. The first-order chi connectivity index (χ1) is 23.7. The van der Waals surface area contributed by atoms with E-state index in [0.29, 0.717) is 6.42 Å². The SMILES string of the molecule is CCOP(=O)(OCC)C(C(=O)OC(C)(C)C)C(c1ccccc1)C(C=O)C1CCCC(O[Si](c2ccccc2)(c2ccccc2)C(C)(C)C)C1. The van der Waals surface area contributed by atoms with Gasteiger partial charge in [0.2, 0.25) is 0 Å². The van der Waals surface area contributed by atoms with E-state index in [-0.39, 0.29) is 30.3 Å². The molecule has 1 saturated carbocycles. The van der Waals surface area contributed by atoms with E-state index >= 15 is 0 Å². The summed E-state index contributed by atoms with van der Waals surface area (Å²) in [6, 6.07) is 30.6. The Morgan fingerprint density at radius 2 is 1.32 bits per heavy atom. The molecule has 1 fully saturated rings. The molecule has 0 N–H and O–H groups in total. The van der Waals surface area contributed by atoms with Crippen molar-refractivity contribution in [3.8, 4) is 0 Å². The zero-order chi connectivity index (χ0) is 36.6. The van der Waals surface area contributed by atoms with Gasteiger partial charge in [0.15, 0.2) is 5.66 Å². The second-order valence-corrected chi connectivity index (χ2v) is 21.7. The van der Waals surface area contributed by atoms with Gasteiger partial charge >= 0.3 is 13.6 Å². The lowest BCUT2D eigenvalue weighted by Crippen LogP contribution is -2.68. The molecule has 4 rings (SSSR count). The fourth-order valence-corrected chi connectivity index (χ4v) is 14.7. The van der Waals surface area contributed by atoms with Crippen LogP contribution < -0.4 is 10.4 Å². The number of rotatable bonds is 15. The Bertz CT molecular complexity index is 1500. The van der Waals surface area contributed by atoms with Crippen molar-refractivity contribution in [1.29, 1.82) is 0 Å². The zero-order valence-corrected chi connectivity index (χ0v) is 33.1. The van der Waals surface area contributed by atoms with Gasteiger partial charge in [-0.15, -0.1) is 0 Å². The Morgan fingerprint density at radius 3 is 1.76 bits per heavy atom. The van der Waals surface area contributed by atoms with Gasteiger partial charge in [0, 0.05) is 17.9 Å². The van der Waals surface area contributed by atoms with Crippen LogP contribution in [0.3, 0.4) is 0 Å². The van der Waals surface area contributed by atoms with Gasteiger partial charge in [-0.3, -0.25) is 9.36 Å². The number of hydrogen-bond acceptors (Lipinski definition) is 7. The average Bonchev–Trinajstić information content (AvgIpc) is 3.07. The highest BCUT2D eigenvalue weighted by Gasteiger charge is 2.55. The van der Waals surface area contributed by atoms with E-state index in [4.69, 9.17) is 18.2 Å². The van der Waals surface area contributed by atoms with Gasteiger partial charge in [-0.1, -0.05) is 118 Å². The molecule has 1 aliphatic rings. The molecule has 0 aromatic heterocycles. The van der Waals surface area contributed by atoms with E-state index in [1.807, 2.05) is 42.5 Å². The van der Waals surface area contributed by atoms with E-state index in [2.05, 4.69) is 69.3 Å². The van der Waals surface area contributed by atoms with Crippen LogP contribution >= 0.6 is 7.60 Å².